The number of hydrogen-bond donors (Lipinski definition) is 1. The van der Waals surface area contributed by atoms with Crippen molar-refractivity contribution in [2.75, 3.05) is 0 Å². The van der Waals surface area contributed by atoms with Gasteiger partial charge in [-0.25, -0.2) is 13.1 Å². The molecule has 0 atom stereocenters. The molecule has 0 spiro atoms. The monoisotopic (exact) mass is 202 g/mol. The third kappa shape index (κ3) is 2.57. The van der Waals surface area contributed by atoms with E-state index in [0.717, 1.165) is 0 Å². The Hall–Kier alpha value is -0.810. The van der Waals surface area contributed by atoms with Crippen molar-refractivity contribution in [2.45, 2.75) is 24.8 Å². The minimum Gasteiger partial charge on any atom is -0.356 e. The SMILES string of the molecule is CC(C)NS(=O)(=O)c1ccn(C)c1. The van der Waals surface area contributed by atoms with Crippen LogP contribution < -0.4 is 4.72 Å². The molecule has 5 heteroatoms. The number of aryl methyl sites for hydroxylation is 1. The molecule has 4 nitrogen and oxygen atoms in total. The lowest BCUT2D eigenvalue weighted by Crippen LogP contribution is -2.29. The molecule has 0 saturated heterocycles. The lowest BCUT2D eigenvalue weighted by Gasteiger charge is -2.07. The first-order valence-electron chi connectivity index (χ1n) is 4.06. The Morgan fingerprint density at radius 3 is 2.46 bits per heavy atom. The summed E-state index contributed by atoms with van der Waals surface area (Å²) in [5.74, 6) is 0. The van der Waals surface area contributed by atoms with Crippen LogP contribution >= 0.6 is 0 Å². The first-order chi connectivity index (χ1) is 5.92. The van der Waals surface area contributed by atoms with Crippen LogP contribution in [0, 0.1) is 0 Å². The maximum absolute atomic E-state index is 11.5. The maximum Gasteiger partial charge on any atom is 0.242 e. The summed E-state index contributed by atoms with van der Waals surface area (Å²) in [7, 11) is -1.52. The van der Waals surface area contributed by atoms with Gasteiger partial charge in [0.05, 0.1) is 4.90 Å². The van der Waals surface area contributed by atoms with Crippen molar-refractivity contribution in [3.05, 3.63) is 18.5 Å². The van der Waals surface area contributed by atoms with Gasteiger partial charge in [0.25, 0.3) is 0 Å². The van der Waals surface area contributed by atoms with E-state index in [1.54, 1.807) is 43.9 Å². The summed E-state index contributed by atoms with van der Waals surface area (Å²) in [5.41, 5.74) is 0. The Labute approximate surface area is 78.6 Å². The molecule has 1 aromatic heterocycles. The molecule has 1 N–H and O–H groups in total. The topological polar surface area (TPSA) is 51.1 Å². The minimum atomic E-state index is -3.31. The molecule has 1 rings (SSSR count). The molecule has 0 bridgehead atoms. The van der Waals surface area contributed by atoms with Crippen LogP contribution in [0.25, 0.3) is 0 Å². The predicted molar refractivity (Wildman–Crippen MR) is 50.9 cm³/mol. The lowest BCUT2D eigenvalue weighted by molar-refractivity contribution is 0.569. The van der Waals surface area contributed by atoms with E-state index in [1.807, 2.05) is 0 Å². The van der Waals surface area contributed by atoms with Gasteiger partial charge in [-0.1, -0.05) is 0 Å². The number of nitrogens with zero attached hydrogens (tertiary/aromatic N) is 1. The molecule has 0 aliphatic rings. The van der Waals surface area contributed by atoms with Crippen molar-refractivity contribution >= 4 is 10.0 Å². The molecule has 1 aromatic rings. The summed E-state index contributed by atoms with van der Waals surface area (Å²) in [4.78, 5) is 0.309. The highest BCUT2D eigenvalue weighted by molar-refractivity contribution is 7.89. The highest BCUT2D eigenvalue weighted by atomic mass is 32.2. The highest BCUT2D eigenvalue weighted by Crippen LogP contribution is 2.08. The number of hydrogen-bond acceptors (Lipinski definition) is 2. The second-order valence-electron chi connectivity index (χ2n) is 3.29. The normalized spacial score (nSPS) is 12.3. The molecule has 1 heterocycles. The summed E-state index contributed by atoms with van der Waals surface area (Å²) >= 11 is 0. The van der Waals surface area contributed by atoms with Gasteiger partial charge in [-0.3, -0.25) is 0 Å². The van der Waals surface area contributed by atoms with Crippen molar-refractivity contribution < 1.29 is 8.42 Å². The average Bonchev–Trinajstić information content (AvgIpc) is 2.32. The van der Waals surface area contributed by atoms with Crippen LogP contribution in [0.2, 0.25) is 0 Å². The Kier molecular flexibility index (Phi) is 2.77. The van der Waals surface area contributed by atoms with Gasteiger partial charge in [-0.15, -0.1) is 0 Å². The van der Waals surface area contributed by atoms with Crippen molar-refractivity contribution in [1.29, 1.82) is 0 Å². The molecule has 0 amide bonds. The quantitative estimate of drug-likeness (QED) is 0.785. The van der Waals surface area contributed by atoms with E-state index in [-0.39, 0.29) is 6.04 Å². The number of sulfonamides is 1. The Morgan fingerprint density at radius 1 is 1.46 bits per heavy atom. The summed E-state index contributed by atoms with van der Waals surface area (Å²) < 4.78 is 27.3. The van der Waals surface area contributed by atoms with Crippen LogP contribution in [-0.2, 0) is 17.1 Å². The second kappa shape index (κ2) is 3.51. The molecule has 0 unspecified atom stereocenters. The van der Waals surface area contributed by atoms with E-state index in [2.05, 4.69) is 4.72 Å². The molecular formula is C8H14N2O2S. The molecule has 0 fully saturated rings. The van der Waals surface area contributed by atoms with Crippen molar-refractivity contribution in [1.82, 2.24) is 9.29 Å². The highest BCUT2D eigenvalue weighted by Gasteiger charge is 2.15. The number of rotatable bonds is 3. The van der Waals surface area contributed by atoms with Gasteiger partial charge in [-0.05, 0) is 19.9 Å². The van der Waals surface area contributed by atoms with Crippen LogP contribution in [0.4, 0.5) is 0 Å². The van der Waals surface area contributed by atoms with E-state index in [0.29, 0.717) is 4.90 Å². The van der Waals surface area contributed by atoms with E-state index in [9.17, 15) is 8.42 Å². The van der Waals surface area contributed by atoms with Crippen LogP contribution in [0.1, 0.15) is 13.8 Å². The first-order valence-corrected chi connectivity index (χ1v) is 5.54. The number of nitrogens with one attached hydrogen (secondary N) is 1. The predicted octanol–water partition coefficient (Wildman–Crippen LogP) is 0.712. The molecule has 0 saturated carbocycles. The molecule has 0 aromatic carbocycles. The van der Waals surface area contributed by atoms with Crippen LogP contribution in [0.3, 0.4) is 0 Å². The van der Waals surface area contributed by atoms with Gasteiger partial charge < -0.3 is 4.57 Å². The van der Waals surface area contributed by atoms with E-state index in [1.165, 1.54) is 0 Å². The van der Waals surface area contributed by atoms with Crippen molar-refractivity contribution in [2.24, 2.45) is 7.05 Å². The third-order valence-electron chi connectivity index (χ3n) is 1.51. The first kappa shape index (κ1) is 10.3. The fourth-order valence-corrected chi connectivity index (χ4v) is 2.32. The Morgan fingerprint density at radius 2 is 2.08 bits per heavy atom. The Balaban J connectivity index is 2.95. The smallest absolute Gasteiger partial charge is 0.242 e. The summed E-state index contributed by atoms with van der Waals surface area (Å²) in [5, 5.41) is 0. The van der Waals surface area contributed by atoms with Crippen LogP contribution in [0.15, 0.2) is 23.4 Å². The number of aromatic nitrogens is 1. The zero-order valence-electron chi connectivity index (χ0n) is 7.98. The van der Waals surface area contributed by atoms with Gasteiger partial charge in [0.15, 0.2) is 0 Å². The third-order valence-corrected chi connectivity index (χ3v) is 3.15. The van der Waals surface area contributed by atoms with E-state index >= 15 is 0 Å². The molecular weight excluding hydrogens is 188 g/mol. The molecule has 0 aliphatic heterocycles. The average molecular weight is 202 g/mol. The molecule has 0 aliphatic carbocycles. The van der Waals surface area contributed by atoms with Gasteiger partial charge in [-0.2, -0.15) is 0 Å². The Bertz CT molecular complexity index is 379. The van der Waals surface area contributed by atoms with E-state index in [4.69, 9.17) is 0 Å². The largest absolute Gasteiger partial charge is 0.356 e. The van der Waals surface area contributed by atoms with Crippen LogP contribution in [-0.4, -0.2) is 19.0 Å². The van der Waals surface area contributed by atoms with Crippen molar-refractivity contribution in [3.8, 4) is 0 Å². The van der Waals surface area contributed by atoms with Crippen molar-refractivity contribution in [3.63, 3.8) is 0 Å². The van der Waals surface area contributed by atoms with E-state index < -0.39 is 10.0 Å². The minimum absolute atomic E-state index is 0.0785. The van der Waals surface area contributed by atoms with Gasteiger partial charge in [0.2, 0.25) is 10.0 Å². The summed E-state index contributed by atoms with van der Waals surface area (Å²) in [6.45, 7) is 3.58. The maximum atomic E-state index is 11.5. The second-order valence-corrected chi connectivity index (χ2v) is 5.00. The van der Waals surface area contributed by atoms with Gasteiger partial charge in [0, 0.05) is 25.5 Å². The van der Waals surface area contributed by atoms with Gasteiger partial charge >= 0.3 is 0 Å². The fourth-order valence-electron chi connectivity index (χ4n) is 1.02. The standard InChI is InChI=1S/C8H14N2O2S/c1-7(2)9-13(11,12)8-4-5-10(3)6-8/h4-7,9H,1-3H3. The fraction of sp³-hybridized carbons (Fsp3) is 0.500. The lowest BCUT2D eigenvalue weighted by atomic mass is 10.4. The molecule has 0 radical (unpaired) electrons. The van der Waals surface area contributed by atoms with Crippen LogP contribution in [0.5, 0.6) is 0 Å². The van der Waals surface area contributed by atoms with Gasteiger partial charge in [0.1, 0.15) is 0 Å². The summed E-state index contributed by atoms with van der Waals surface area (Å²) in [6, 6.07) is 1.50. The summed E-state index contributed by atoms with van der Waals surface area (Å²) in [6.07, 6.45) is 3.28. The molecule has 74 valence electrons. The zero-order valence-corrected chi connectivity index (χ0v) is 8.80. The molecule has 13 heavy (non-hydrogen) atoms. The zero-order chi connectivity index (χ0) is 10.1.